The number of methoxy groups -OCH3 is 1. The Balaban J connectivity index is 2.21. The lowest BCUT2D eigenvalue weighted by molar-refractivity contribution is 0.100. The number of primary amides is 1. The molecule has 0 unspecified atom stereocenters. The molecule has 1 aromatic carbocycles. The number of hydrogen-bond acceptors (Lipinski definition) is 7. The van der Waals surface area contributed by atoms with Gasteiger partial charge in [-0.3, -0.25) is 4.79 Å². The predicted molar refractivity (Wildman–Crippen MR) is 98.0 cm³/mol. The van der Waals surface area contributed by atoms with Crippen molar-refractivity contribution < 1.29 is 9.53 Å². The van der Waals surface area contributed by atoms with Gasteiger partial charge in [-0.2, -0.15) is 4.98 Å². The summed E-state index contributed by atoms with van der Waals surface area (Å²) >= 11 is 0. The molecule has 0 saturated heterocycles. The molecule has 1 amide bonds. The Kier molecular flexibility index (Phi) is 6.67. The van der Waals surface area contributed by atoms with Gasteiger partial charge in [-0.05, 0) is 24.1 Å². The number of nitrogens with two attached hydrogens (primary N) is 2. The summed E-state index contributed by atoms with van der Waals surface area (Å²) in [4.78, 5) is 20.1. The largest absolute Gasteiger partial charge is 0.383 e. The van der Waals surface area contributed by atoms with Crippen LogP contribution in [0.3, 0.4) is 0 Å². The fraction of sp³-hybridized carbons (Fsp3) is 0.353. The first-order chi connectivity index (χ1) is 12.0. The maximum Gasteiger partial charge on any atom is 0.254 e. The molecule has 25 heavy (non-hydrogen) atoms. The zero-order chi connectivity index (χ0) is 18.2. The van der Waals surface area contributed by atoms with E-state index in [0.29, 0.717) is 24.9 Å². The fourth-order valence-corrected chi connectivity index (χ4v) is 2.24. The van der Waals surface area contributed by atoms with Crippen molar-refractivity contribution in [2.75, 3.05) is 30.9 Å². The predicted octanol–water partition coefficient (Wildman–Crippen LogP) is 1.27. The first-order valence-corrected chi connectivity index (χ1v) is 8.04. The van der Waals surface area contributed by atoms with Gasteiger partial charge >= 0.3 is 0 Å². The molecule has 6 N–H and O–H groups in total. The minimum atomic E-state index is -0.600. The van der Waals surface area contributed by atoms with E-state index in [9.17, 15) is 4.79 Å². The third kappa shape index (κ3) is 5.40. The molecular formula is C17H24N6O2. The topological polar surface area (TPSA) is 128 Å². The molecule has 1 heterocycles. The smallest absolute Gasteiger partial charge is 0.254 e. The molecule has 2 aromatic rings. The highest BCUT2D eigenvalue weighted by Gasteiger charge is 2.13. The number of rotatable bonds is 9. The van der Waals surface area contributed by atoms with Gasteiger partial charge in [0.15, 0.2) is 0 Å². The number of amides is 1. The van der Waals surface area contributed by atoms with Crippen molar-refractivity contribution in [2.45, 2.75) is 19.4 Å². The SMILES string of the molecule is CCc1cccc(Nc2nc(NC[C@@H](N)COC)ncc2C(N)=O)c1. The second-order valence-electron chi connectivity index (χ2n) is 5.60. The van der Waals surface area contributed by atoms with Crippen LogP contribution in [-0.2, 0) is 11.2 Å². The second kappa shape index (κ2) is 8.95. The average Bonchev–Trinajstić information content (AvgIpc) is 2.60. The highest BCUT2D eigenvalue weighted by molar-refractivity contribution is 5.98. The molecule has 0 aliphatic carbocycles. The second-order valence-corrected chi connectivity index (χ2v) is 5.60. The van der Waals surface area contributed by atoms with Crippen LogP contribution in [-0.4, -0.2) is 42.2 Å². The van der Waals surface area contributed by atoms with Gasteiger partial charge in [0.2, 0.25) is 5.95 Å². The summed E-state index contributed by atoms with van der Waals surface area (Å²) in [5, 5.41) is 6.16. The minimum Gasteiger partial charge on any atom is -0.383 e. The highest BCUT2D eigenvalue weighted by atomic mass is 16.5. The van der Waals surface area contributed by atoms with E-state index < -0.39 is 5.91 Å². The van der Waals surface area contributed by atoms with Crippen molar-refractivity contribution in [3.63, 3.8) is 0 Å². The Hall–Kier alpha value is -2.71. The third-order valence-electron chi connectivity index (χ3n) is 3.56. The summed E-state index contributed by atoms with van der Waals surface area (Å²) in [6, 6.07) is 7.67. The van der Waals surface area contributed by atoms with Crippen molar-refractivity contribution >= 4 is 23.4 Å². The Morgan fingerprint density at radius 3 is 2.88 bits per heavy atom. The maximum atomic E-state index is 11.6. The molecule has 0 fully saturated rings. The number of ether oxygens (including phenoxy) is 1. The van der Waals surface area contributed by atoms with Crippen LogP contribution in [0.4, 0.5) is 17.5 Å². The van der Waals surface area contributed by atoms with Crippen molar-refractivity contribution in [3.8, 4) is 0 Å². The average molecular weight is 344 g/mol. The number of aromatic nitrogens is 2. The molecule has 8 heteroatoms. The van der Waals surface area contributed by atoms with E-state index in [1.807, 2.05) is 24.3 Å². The maximum absolute atomic E-state index is 11.6. The molecule has 8 nitrogen and oxygen atoms in total. The van der Waals surface area contributed by atoms with E-state index >= 15 is 0 Å². The van der Waals surface area contributed by atoms with Gasteiger partial charge in [-0.25, -0.2) is 4.98 Å². The molecular weight excluding hydrogens is 320 g/mol. The molecule has 0 radical (unpaired) electrons. The van der Waals surface area contributed by atoms with Gasteiger partial charge in [0, 0.05) is 31.6 Å². The van der Waals surface area contributed by atoms with Crippen LogP contribution in [0.1, 0.15) is 22.8 Å². The van der Waals surface area contributed by atoms with E-state index in [2.05, 4.69) is 27.5 Å². The lowest BCUT2D eigenvalue weighted by Gasteiger charge is -2.14. The summed E-state index contributed by atoms with van der Waals surface area (Å²) in [6.07, 6.45) is 2.30. The van der Waals surface area contributed by atoms with Gasteiger partial charge < -0.3 is 26.8 Å². The van der Waals surface area contributed by atoms with Crippen molar-refractivity contribution in [1.29, 1.82) is 0 Å². The van der Waals surface area contributed by atoms with Gasteiger partial charge in [-0.15, -0.1) is 0 Å². The van der Waals surface area contributed by atoms with Crippen LogP contribution in [0.5, 0.6) is 0 Å². The van der Waals surface area contributed by atoms with Crippen LogP contribution in [0.25, 0.3) is 0 Å². The summed E-state index contributed by atoms with van der Waals surface area (Å²) in [6.45, 7) is 2.93. The molecule has 134 valence electrons. The van der Waals surface area contributed by atoms with Gasteiger partial charge in [-0.1, -0.05) is 19.1 Å². The molecule has 2 rings (SSSR count). The molecule has 1 aromatic heterocycles. The number of anilines is 3. The Morgan fingerprint density at radius 1 is 1.40 bits per heavy atom. The fourth-order valence-electron chi connectivity index (χ4n) is 2.24. The van der Waals surface area contributed by atoms with Gasteiger partial charge in [0.1, 0.15) is 11.4 Å². The number of nitrogens with one attached hydrogen (secondary N) is 2. The minimum absolute atomic E-state index is 0.193. The number of benzene rings is 1. The summed E-state index contributed by atoms with van der Waals surface area (Å²) in [5.41, 5.74) is 13.5. The number of aryl methyl sites for hydroxylation is 1. The van der Waals surface area contributed by atoms with Crippen molar-refractivity contribution in [2.24, 2.45) is 11.5 Å². The molecule has 0 bridgehead atoms. The molecule has 0 spiro atoms. The quantitative estimate of drug-likeness (QED) is 0.539. The number of carbonyl (C=O) groups excluding carboxylic acids is 1. The lowest BCUT2D eigenvalue weighted by atomic mass is 10.1. The van der Waals surface area contributed by atoms with Crippen LogP contribution >= 0.6 is 0 Å². The van der Waals surface area contributed by atoms with Crippen molar-refractivity contribution in [1.82, 2.24) is 9.97 Å². The van der Waals surface area contributed by atoms with Crippen LogP contribution in [0, 0.1) is 0 Å². The van der Waals surface area contributed by atoms with Crippen LogP contribution < -0.4 is 22.1 Å². The molecule has 0 aliphatic rings. The number of nitrogens with zero attached hydrogens (tertiary/aromatic N) is 2. The first-order valence-electron chi connectivity index (χ1n) is 8.04. The summed E-state index contributed by atoms with van der Waals surface area (Å²) in [7, 11) is 1.59. The van der Waals surface area contributed by atoms with E-state index in [4.69, 9.17) is 16.2 Å². The van der Waals surface area contributed by atoms with Gasteiger partial charge in [0.25, 0.3) is 5.91 Å². The summed E-state index contributed by atoms with van der Waals surface area (Å²) in [5.74, 6) is 0.0982. The Bertz CT molecular complexity index is 722. The number of carbonyl (C=O) groups is 1. The van der Waals surface area contributed by atoms with E-state index in [-0.39, 0.29) is 11.6 Å². The standard InChI is InChI=1S/C17H24N6O2/c1-3-11-5-4-6-13(7-11)22-16-14(15(19)24)9-21-17(23-16)20-8-12(18)10-25-2/h4-7,9,12H,3,8,10,18H2,1-2H3,(H2,19,24)(H2,20,21,22,23)/t12-/m1/s1. The molecule has 1 atom stereocenters. The van der Waals surface area contributed by atoms with Crippen LogP contribution in [0.15, 0.2) is 30.5 Å². The third-order valence-corrected chi connectivity index (χ3v) is 3.56. The highest BCUT2D eigenvalue weighted by Crippen LogP contribution is 2.20. The molecule has 0 aliphatic heterocycles. The number of hydrogen-bond donors (Lipinski definition) is 4. The lowest BCUT2D eigenvalue weighted by Crippen LogP contribution is -2.33. The normalized spacial score (nSPS) is 11.8. The van der Waals surface area contributed by atoms with Crippen LogP contribution in [0.2, 0.25) is 0 Å². The van der Waals surface area contributed by atoms with E-state index in [1.165, 1.54) is 11.8 Å². The van der Waals surface area contributed by atoms with E-state index in [0.717, 1.165) is 12.1 Å². The van der Waals surface area contributed by atoms with Gasteiger partial charge in [0.05, 0.1) is 6.61 Å². The summed E-state index contributed by atoms with van der Waals surface area (Å²) < 4.78 is 4.99. The first kappa shape index (κ1) is 18.6. The Morgan fingerprint density at radius 2 is 2.20 bits per heavy atom. The zero-order valence-corrected chi connectivity index (χ0v) is 14.5. The monoisotopic (exact) mass is 344 g/mol. The Labute approximate surface area is 147 Å². The molecule has 0 saturated carbocycles. The van der Waals surface area contributed by atoms with Crippen molar-refractivity contribution in [3.05, 3.63) is 41.6 Å². The zero-order valence-electron chi connectivity index (χ0n) is 14.5. The van der Waals surface area contributed by atoms with E-state index in [1.54, 1.807) is 7.11 Å².